The van der Waals surface area contributed by atoms with Crippen molar-refractivity contribution >= 4 is 17.0 Å². The molecule has 2 rings (SSSR count). The van der Waals surface area contributed by atoms with E-state index < -0.39 is 0 Å². The van der Waals surface area contributed by atoms with Crippen LogP contribution in [0.5, 0.6) is 0 Å². The molecule has 0 aliphatic heterocycles. The van der Waals surface area contributed by atoms with Gasteiger partial charge in [0.25, 0.3) is 0 Å². The summed E-state index contributed by atoms with van der Waals surface area (Å²) in [6, 6.07) is 3.73. The Morgan fingerprint density at radius 2 is 2.40 bits per heavy atom. The molecule has 0 radical (unpaired) electrons. The van der Waals surface area contributed by atoms with Crippen molar-refractivity contribution in [3.8, 4) is 0 Å². The fraction of sp³-hybridized carbons (Fsp3) is 0.273. The van der Waals surface area contributed by atoms with Crippen molar-refractivity contribution in [2.75, 3.05) is 7.11 Å². The van der Waals surface area contributed by atoms with E-state index in [1.165, 1.54) is 7.11 Å². The minimum absolute atomic E-state index is 0.353. The molecule has 0 aromatic carbocycles. The zero-order valence-corrected chi connectivity index (χ0v) is 8.73. The second kappa shape index (κ2) is 3.73. The number of aromatic nitrogens is 2. The normalized spacial score (nSPS) is 10.5. The predicted molar refractivity (Wildman–Crippen MR) is 56.7 cm³/mol. The van der Waals surface area contributed by atoms with Crippen molar-refractivity contribution in [3.63, 3.8) is 0 Å². The average molecular weight is 204 g/mol. The molecule has 0 aliphatic carbocycles. The molecule has 0 fully saturated rings. The van der Waals surface area contributed by atoms with Gasteiger partial charge in [0, 0.05) is 24.3 Å². The standard InChI is InChI=1S/C11H12N2O2/c1-3-13-5-4-8-6-9(11(14)15-2)7-12-10(8)13/h4-7H,3H2,1-2H3. The summed E-state index contributed by atoms with van der Waals surface area (Å²) in [6.07, 6.45) is 3.50. The zero-order valence-electron chi connectivity index (χ0n) is 8.73. The molecule has 2 aromatic rings. The number of fused-ring (bicyclic) bond motifs is 1. The van der Waals surface area contributed by atoms with Gasteiger partial charge in [-0.15, -0.1) is 0 Å². The number of rotatable bonds is 2. The summed E-state index contributed by atoms with van der Waals surface area (Å²) in [4.78, 5) is 15.5. The van der Waals surface area contributed by atoms with Crippen molar-refractivity contribution in [2.45, 2.75) is 13.5 Å². The molecule has 4 nitrogen and oxygen atoms in total. The lowest BCUT2D eigenvalue weighted by atomic mass is 10.2. The molecule has 0 amide bonds. The topological polar surface area (TPSA) is 44.1 Å². The Balaban J connectivity index is 2.53. The van der Waals surface area contributed by atoms with Crippen LogP contribution in [0.3, 0.4) is 0 Å². The molecule has 0 saturated carbocycles. The second-order valence-corrected chi connectivity index (χ2v) is 3.23. The Morgan fingerprint density at radius 1 is 1.60 bits per heavy atom. The summed E-state index contributed by atoms with van der Waals surface area (Å²) in [7, 11) is 1.36. The molecule has 0 saturated heterocycles. The molecule has 0 spiro atoms. The molecule has 2 heterocycles. The number of hydrogen-bond acceptors (Lipinski definition) is 3. The molecule has 78 valence electrons. The highest BCUT2D eigenvalue weighted by Crippen LogP contribution is 2.15. The Morgan fingerprint density at radius 3 is 3.07 bits per heavy atom. The Bertz CT molecular complexity index is 502. The van der Waals surface area contributed by atoms with Crippen LogP contribution < -0.4 is 0 Å². The fourth-order valence-corrected chi connectivity index (χ4v) is 1.56. The predicted octanol–water partition coefficient (Wildman–Crippen LogP) is 1.84. The number of ether oxygens (including phenoxy) is 1. The van der Waals surface area contributed by atoms with E-state index in [1.807, 2.05) is 16.8 Å². The number of hydrogen-bond donors (Lipinski definition) is 0. The number of aryl methyl sites for hydroxylation is 1. The first-order valence-electron chi connectivity index (χ1n) is 4.79. The zero-order chi connectivity index (χ0) is 10.8. The maximum Gasteiger partial charge on any atom is 0.339 e. The van der Waals surface area contributed by atoms with E-state index in [1.54, 1.807) is 12.3 Å². The Labute approximate surface area is 87.5 Å². The van der Waals surface area contributed by atoms with E-state index in [0.717, 1.165) is 17.6 Å². The summed E-state index contributed by atoms with van der Waals surface area (Å²) in [5.41, 5.74) is 1.38. The number of carbonyl (C=O) groups excluding carboxylic acids is 1. The summed E-state index contributed by atoms with van der Waals surface area (Å²) in [6.45, 7) is 2.92. The highest BCUT2D eigenvalue weighted by molar-refractivity contribution is 5.93. The van der Waals surface area contributed by atoms with E-state index in [4.69, 9.17) is 0 Å². The lowest BCUT2D eigenvalue weighted by molar-refractivity contribution is 0.0600. The molecule has 2 aromatic heterocycles. The van der Waals surface area contributed by atoms with Crippen LogP contribution in [0.1, 0.15) is 17.3 Å². The number of pyridine rings is 1. The van der Waals surface area contributed by atoms with Crippen LogP contribution in [-0.4, -0.2) is 22.6 Å². The Kier molecular flexibility index (Phi) is 2.41. The van der Waals surface area contributed by atoms with Gasteiger partial charge < -0.3 is 9.30 Å². The Hall–Kier alpha value is -1.84. The van der Waals surface area contributed by atoms with Gasteiger partial charge in [-0.3, -0.25) is 0 Å². The van der Waals surface area contributed by atoms with Gasteiger partial charge in [-0.2, -0.15) is 0 Å². The number of carbonyl (C=O) groups is 1. The number of esters is 1. The average Bonchev–Trinajstić information content (AvgIpc) is 2.69. The van der Waals surface area contributed by atoms with Crippen LogP contribution in [0.2, 0.25) is 0 Å². The van der Waals surface area contributed by atoms with Crippen molar-refractivity contribution in [3.05, 3.63) is 30.1 Å². The van der Waals surface area contributed by atoms with Crippen LogP contribution in [0.25, 0.3) is 11.0 Å². The summed E-state index contributed by atoms with van der Waals surface area (Å²) < 4.78 is 6.66. The third kappa shape index (κ3) is 1.58. The van der Waals surface area contributed by atoms with Crippen molar-refractivity contribution in [1.82, 2.24) is 9.55 Å². The molecule has 0 atom stereocenters. The first kappa shape index (κ1) is 9.71. The van der Waals surface area contributed by atoms with Crippen LogP contribution >= 0.6 is 0 Å². The first-order valence-corrected chi connectivity index (χ1v) is 4.79. The summed E-state index contributed by atoms with van der Waals surface area (Å²) in [5.74, 6) is -0.353. The third-order valence-electron chi connectivity index (χ3n) is 2.36. The van der Waals surface area contributed by atoms with E-state index in [2.05, 4.69) is 16.6 Å². The van der Waals surface area contributed by atoms with Gasteiger partial charge >= 0.3 is 5.97 Å². The molecular formula is C11H12N2O2. The molecule has 4 heteroatoms. The lowest BCUT2D eigenvalue weighted by Crippen LogP contribution is -2.02. The second-order valence-electron chi connectivity index (χ2n) is 3.23. The van der Waals surface area contributed by atoms with Gasteiger partial charge in [0.05, 0.1) is 12.7 Å². The van der Waals surface area contributed by atoms with Gasteiger partial charge in [-0.25, -0.2) is 9.78 Å². The third-order valence-corrected chi connectivity index (χ3v) is 2.36. The van der Waals surface area contributed by atoms with Crippen LogP contribution in [0, 0.1) is 0 Å². The lowest BCUT2D eigenvalue weighted by Gasteiger charge is -2.01. The molecule has 0 aliphatic rings. The first-order chi connectivity index (χ1) is 7.26. The van der Waals surface area contributed by atoms with Gasteiger partial charge in [0.2, 0.25) is 0 Å². The smallest absolute Gasteiger partial charge is 0.339 e. The minimum Gasteiger partial charge on any atom is -0.465 e. The molecular weight excluding hydrogens is 192 g/mol. The summed E-state index contributed by atoms with van der Waals surface area (Å²) >= 11 is 0. The maximum absolute atomic E-state index is 11.3. The largest absolute Gasteiger partial charge is 0.465 e. The van der Waals surface area contributed by atoms with E-state index in [-0.39, 0.29) is 5.97 Å². The highest BCUT2D eigenvalue weighted by Gasteiger charge is 2.08. The van der Waals surface area contributed by atoms with Crippen LogP contribution in [0.15, 0.2) is 24.5 Å². The molecule has 0 unspecified atom stereocenters. The minimum atomic E-state index is -0.353. The SMILES string of the molecule is CCn1ccc2cc(C(=O)OC)cnc21. The van der Waals surface area contributed by atoms with Gasteiger partial charge in [0.15, 0.2) is 0 Å². The van der Waals surface area contributed by atoms with E-state index >= 15 is 0 Å². The number of nitrogens with zero attached hydrogens (tertiary/aromatic N) is 2. The van der Waals surface area contributed by atoms with Crippen molar-refractivity contribution in [1.29, 1.82) is 0 Å². The quantitative estimate of drug-likeness (QED) is 0.701. The van der Waals surface area contributed by atoms with Crippen LogP contribution in [-0.2, 0) is 11.3 Å². The molecule has 0 N–H and O–H groups in total. The summed E-state index contributed by atoms with van der Waals surface area (Å²) in [5, 5.41) is 0.958. The molecule has 15 heavy (non-hydrogen) atoms. The number of methoxy groups -OCH3 is 1. The van der Waals surface area contributed by atoms with Crippen LogP contribution in [0.4, 0.5) is 0 Å². The maximum atomic E-state index is 11.3. The molecule has 0 bridgehead atoms. The monoisotopic (exact) mass is 204 g/mol. The van der Waals surface area contributed by atoms with Gasteiger partial charge in [0.1, 0.15) is 5.65 Å². The van der Waals surface area contributed by atoms with E-state index in [9.17, 15) is 4.79 Å². The van der Waals surface area contributed by atoms with E-state index in [0.29, 0.717) is 5.56 Å². The van der Waals surface area contributed by atoms with Crippen molar-refractivity contribution in [2.24, 2.45) is 0 Å². The fourth-order valence-electron chi connectivity index (χ4n) is 1.56. The highest BCUT2D eigenvalue weighted by atomic mass is 16.5. The van der Waals surface area contributed by atoms with Crippen molar-refractivity contribution < 1.29 is 9.53 Å². The van der Waals surface area contributed by atoms with Gasteiger partial charge in [-0.05, 0) is 19.1 Å². The van der Waals surface area contributed by atoms with Gasteiger partial charge in [-0.1, -0.05) is 0 Å².